The van der Waals surface area contributed by atoms with Crippen LogP contribution in [-0.2, 0) is 0 Å². The van der Waals surface area contributed by atoms with Gasteiger partial charge in [0, 0.05) is 17.5 Å². The lowest BCUT2D eigenvalue weighted by atomic mass is 9.81. The summed E-state index contributed by atoms with van der Waals surface area (Å²) in [6.07, 6.45) is 9.59. The van der Waals surface area contributed by atoms with E-state index in [1.165, 1.54) is 10.9 Å². The van der Waals surface area contributed by atoms with E-state index in [0.717, 1.165) is 66.7 Å². The molecule has 0 aliphatic carbocycles. The Balaban J connectivity index is 1.83. The number of benzene rings is 4. The summed E-state index contributed by atoms with van der Waals surface area (Å²) in [7, 11) is 0. The molecular formula is C37H31N. The summed E-state index contributed by atoms with van der Waals surface area (Å²) in [5.41, 5.74) is 13.3. The molecule has 0 N–H and O–H groups in total. The summed E-state index contributed by atoms with van der Waals surface area (Å²) in [4.78, 5) is 4.46. The third-order valence-corrected chi connectivity index (χ3v) is 7.38. The Hall–Kier alpha value is -4.75. The van der Waals surface area contributed by atoms with Crippen LogP contribution in [-0.4, -0.2) is 4.98 Å². The Morgan fingerprint density at radius 1 is 0.526 bits per heavy atom. The molecule has 0 aliphatic heterocycles. The number of rotatable bonds is 7. The second-order valence-corrected chi connectivity index (χ2v) is 9.41. The van der Waals surface area contributed by atoms with E-state index >= 15 is 0 Å². The van der Waals surface area contributed by atoms with Crippen LogP contribution < -0.4 is 0 Å². The van der Waals surface area contributed by atoms with Gasteiger partial charge in [0.2, 0.25) is 0 Å². The van der Waals surface area contributed by atoms with Gasteiger partial charge < -0.3 is 0 Å². The zero-order valence-electron chi connectivity index (χ0n) is 22.1. The maximum atomic E-state index is 4.46. The fourth-order valence-corrected chi connectivity index (χ4v) is 5.56. The molecule has 0 atom stereocenters. The number of nitrogens with zero attached hydrogens (tertiary/aromatic N) is 1. The fourth-order valence-electron chi connectivity index (χ4n) is 5.56. The summed E-state index contributed by atoms with van der Waals surface area (Å²) < 4.78 is 0. The van der Waals surface area contributed by atoms with Crippen molar-refractivity contribution in [2.75, 3.05) is 0 Å². The van der Waals surface area contributed by atoms with Gasteiger partial charge in [-0.3, -0.25) is 4.98 Å². The van der Waals surface area contributed by atoms with Crippen LogP contribution in [0.5, 0.6) is 0 Å². The Kier molecular flexibility index (Phi) is 6.77. The molecule has 0 amide bonds. The first-order valence-corrected chi connectivity index (χ1v) is 12.8. The molecule has 1 heteroatoms. The number of hydrogen-bond acceptors (Lipinski definition) is 1. The Bertz CT molecular complexity index is 1730. The second-order valence-electron chi connectivity index (χ2n) is 9.41. The number of fused-ring (bicyclic) bond motifs is 1. The molecule has 1 aromatic heterocycles. The average molecular weight is 490 g/mol. The van der Waals surface area contributed by atoms with Crippen LogP contribution in [0.4, 0.5) is 0 Å². The van der Waals surface area contributed by atoms with E-state index in [4.69, 9.17) is 0 Å². The molecule has 4 aromatic carbocycles. The molecule has 0 aliphatic rings. The Morgan fingerprint density at radius 2 is 1.11 bits per heavy atom. The highest BCUT2D eigenvalue weighted by Gasteiger charge is 2.21. The highest BCUT2D eigenvalue weighted by Crippen LogP contribution is 2.45. The van der Waals surface area contributed by atoms with Crippen molar-refractivity contribution in [2.24, 2.45) is 0 Å². The van der Waals surface area contributed by atoms with E-state index in [1.807, 2.05) is 43.5 Å². The van der Waals surface area contributed by atoms with Gasteiger partial charge in [-0.2, -0.15) is 0 Å². The van der Waals surface area contributed by atoms with Crippen molar-refractivity contribution in [1.29, 1.82) is 0 Å². The molecule has 0 unspecified atom stereocenters. The van der Waals surface area contributed by atoms with Crippen molar-refractivity contribution >= 4 is 35.1 Å². The fraction of sp³-hybridized carbons (Fsp3) is 0.0541. The monoisotopic (exact) mass is 489 g/mol. The highest BCUT2D eigenvalue weighted by atomic mass is 14.7. The lowest BCUT2D eigenvalue weighted by molar-refractivity contribution is 1.20. The quantitative estimate of drug-likeness (QED) is 0.221. The van der Waals surface area contributed by atoms with Crippen LogP contribution in [0.1, 0.15) is 33.5 Å². The zero-order valence-corrected chi connectivity index (χ0v) is 22.1. The van der Waals surface area contributed by atoms with E-state index < -0.39 is 0 Å². The van der Waals surface area contributed by atoms with Gasteiger partial charge in [0.15, 0.2) is 0 Å². The third kappa shape index (κ3) is 4.03. The number of aromatic nitrogens is 1. The van der Waals surface area contributed by atoms with E-state index in [-0.39, 0.29) is 0 Å². The lowest BCUT2D eigenvalue weighted by Gasteiger charge is -2.22. The molecule has 38 heavy (non-hydrogen) atoms. The van der Waals surface area contributed by atoms with Crippen LogP contribution in [0.2, 0.25) is 0 Å². The minimum absolute atomic E-state index is 1.02. The standard InChI is InChI=1S/C37H31N/c1-7-28-24(5)17-22-35(29(28)8-2)37-31(10-4)30(9-3)36(33-14-11-12-15-34(33)37)27-20-18-26(19-21-27)32-16-13-23-38-25(32)6/h7-23H,1-4H2,5-6H3. The first kappa shape index (κ1) is 24.9. The Morgan fingerprint density at radius 3 is 1.71 bits per heavy atom. The lowest BCUT2D eigenvalue weighted by Crippen LogP contribution is -1.99. The van der Waals surface area contributed by atoms with Gasteiger partial charge in [0.05, 0.1) is 0 Å². The van der Waals surface area contributed by atoms with E-state index in [0.29, 0.717) is 0 Å². The molecule has 5 aromatic rings. The van der Waals surface area contributed by atoms with Gasteiger partial charge in [-0.05, 0) is 86.3 Å². The molecular weight excluding hydrogens is 458 g/mol. The van der Waals surface area contributed by atoms with Crippen LogP contribution in [0.15, 0.2) is 105 Å². The molecule has 0 saturated heterocycles. The molecule has 0 saturated carbocycles. The van der Waals surface area contributed by atoms with Gasteiger partial charge in [-0.1, -0.05) is 117 Å². The molecule has 184 valence electrons. The predicted molar refractivity (Wildman–Crippen MR) is 168 cm³/mol. The summed E-state index contributed by atoms with van der Waals surface area (Å²) >= 11 is 0. The van der Waals surface area contributed by atoms with Gasteiger partial charge in [0.1, 0.15) is 0 Å². The number of aryl methyl sites for hydroxylation is 2. The van der Waals surface area contributed by atoms with E-state index in [9.17, 15) is 0 Å². The summed E-state index contributed by atoms with van der Waals surface area (Å²) in [5.74, 6) is 0. The second kappa shape index (κ2) is 10.3. The number of pyridine rings is 1. The van der Waals surface area contributed by atoms with Gasteiger partial charge in [0.25, 0.3) is 0 Å². The normalized spacial score (nSPS) is 10.8. The predicted octanol–water partition coefficient (Wildman–Crippen LogP) is 10.4. The minimum Gasteiger partial charge on any atom is -0.261 e. The van der Waals surface area contributed by atoms with Crippen molar-refractivity contribution in [2.45, 2.75) is 13.8 Å². The smallest absolute Gasteiger partial charge is 0.0450 e. The van der Waals surface area contributed by atoms with Crippen LogP contribution in [0.3, 0.4) is 0 Å². The van der Waals surface area contributed by atoms with Crippen molar-refractivity contribution in [3.63, 3.8) is 0 Å². The molecule has 0 fully saturated rings. The molecule has 5 rings (SSSR count). The summed E-state index contributed by atoms with van der Waals surface area (Å²) in [6, 6.07) is 25.8. The maximum absolute atomic E-state index is 4.46. The molecule has 0 radical (unpaired) electrons. The van der Waals surface area contributed by atoms with Crippen molar-refractivity contribution in [3.8, 4) is 33.4 Å². The topological polar surface area (TPSA) is 12.9 Å². The van der Waals surface area contributed by atoms with Crippen LogP contribution in [0, 0.1) is 13.8 Å². The average Bonchev–Trinajstić information content (AvgIpc) is 2.96. The molecule has 0 spiro atoms. The maximum Gasteiger partial charge on any atom is 0.0450 e. The van der Waals surface area contributed by atoms with Gasteiger partial charge >= 0.3 is 0 Å². The molecule has 1 nitrogen and oxygen atoms in total. The minimum atomic E-state index is 1.02. The van der Waals surface area contributed by atoms with Crippen LogP contribution in [0.25, 0.3) is 68.5 Å². The Labute approximate surface area is 225 Å². The van der Waals surface area contributed by atoms with Gasteiger partial charge in [-0.25, -0.2) is 0 Å². The summed E-state index contributed by atoms with van der Waals surface area (Å²) in [5, 5.41) is 2.33. The highest BCUT2D eigenvalue weighted by molar-refractivity contribution is 6.12. The van der Waals surface area contributed by atoms with Crippen molar-refractivity contribution < 1.29 is 0 Å². The molecule has 1 heterocycles. The van der Waals surface area contributed by atoms with E-state index in [1.54, 1.807) is 0 Å². The summed E-state index contributed by atoms with van der Waals surface area (Å²) in [6.45, 7) is 20.9. The van der Waals surface area contributed by atoms with E-state index in [2.05, 4.69) is 105 Å². The third-order valence-electron chi connectivity index (χ3n) is 7.38. The first-order valence-electron chi connectivity index (χ1n) is 12.8. The molecule has 0 bridgehead atoms. The first-order chi connectivity index (χ1) is 18.5. The van der Waals surface area contributed by atoms with Gasteiger partial charge in [-0.15, -0.1) is 0 Å². The van der Waals surface area contributed by atoms with Crippen molar-refractivity contribution in [3.05, 3.63) is 139 Å². The number of hydrogen-bond donors (Lipinski definition) is 0. The van der Waals surface area contributed by atoms with Crippen LogP contribution >= 0.6 is 0 Å². The SMILES string of the molecule is C=Cc1c(C)ccc(-c2c(C=C)c(C=C)c(-c3ccc(-c4cccnc4C)cc3)c3ccccc23)c1C=C. The van der Waals surface area contributed by atoms with Crippen molar-refractivity contribution in [1.82, 2.24) is 4.98 Å². The largest absolute Gasteiger partial charge is 0.261 e. The zero-order chi connectivity index (χ0) is 26.8.